The Labute approximate surface area is 198 Å². The van der Waals surface area contributed by atoms with Gasteiger partial charge in [-0.3, -0.25) is 0 Å². The molecule has 1 unspecified atom stereocenters. The normalized spacial score (nSPS) is 21.0. The number of aliphatic hydroxyl groups excluding tert-OH is 1. The van der Waals surface area contributed by atoms with Crippen LogP contribution >= 0.6 is 11.6 Å². The average Bonchev–Trinajstić information content (AvgIpc) is 3.23. The van der Waals surface area contributed by atoms with E-state index in [4.69, 9.17) is 26.2 Å². The Morgan fingerprint density at radius 1 is 1.38 bits per heavy atom. The molecule has 3 rings (SSSR count). The van der Waals surface area contributed by atoms with Crippen LogP contribution in [-0.2, 0) is 19.8 Å². The van der Waals surface area contributed by atoms with Crippen LogP contribution in [0.4, 0.5) is 13.2 Å². The number of carbonyl (C=O) groups is 1. The summed E-state index contributed by atoms with van der Waals surface area (Å²) in [6, 6.07) is 2.85. The standard InChI is InChI=1S/C21H25ClF3N3O6/c1-20(2,3)15-8-17-13(7-16(15)22)6-14(18(34-17)21(23,24)25)19(30)32-11-33-26-28(31)27-5-4-12(9-27)10-29/h6-8,12,18,29H,4-5,9-11H2,1-3H3/b28-26-/t12?,18-/m0/s1. The van der Waals surface area contributed by atoms with Crippen LogP contribution in [0.25, 0.3) is 6.08 Å². The van der Waals surface area contributed by atoms with Crippen molar-refractivity contribution in [1.82, 2.24) is 5.01 Å². The molecule has 188 valence electrons. The number of hydrogen-bond donors (Lipinski definition) is 1. The van der Waals surface area contributed by atoms with E-state index in [1.165, 1.54) is 17.1 Å². The minimum atomic E-state index is -4.90. The van der Waals surface area contributed by atoms with Gasteiger partial charge in [-0.05, 0) is 35.6 Å². The van der Waals surface area contributed by atoms with Crippen LogP contribution in [0.1, 0.15) is 38.3 Å². The fraction of sp³-hybridized carbons (Fsp3) is 0.571. The van der Waals surface area contributed by atoms with E-state index in [-0.39, 0.29) is 35.4 Å². The van der Waals surface area contributed by atoms with Crippen LogP contribution in [0.15, 0.2) is 23.0 Å². The van der Waals surface area contributed by atoms with Crippen molar-refractivity contribution >= 4 is 23.6 Å². The summed E-state index contributed by atoms with van der Waals surface area (Å²) in [6.07, 6.45) is -5.86. The minimum absolute atomic E-state index is 0.0618. The minimum Gasteiger partial charge on any atom is -0.569 e. The van der Waals surface area contributed by atoms with Gasteiger partial charge < -0.3 is 24.6 Å². The maximum absolute atomic E-state index is 13.7. The first-order valence-corrected chi connectivity index (χ1v) is 10.8. The first kappa shape index (κ1) is 25.9. The maximum atomic E-state index is 13.7. The van der Waals surface area contributed by atoms with Crippen molar-refractivity contribution in [3.05, 3.63) is 39.1 Å². The third-order valence-corrected chi connectivity index (χ3v) is 5.73. The highest BCUT2D eigenvalue weighted by molar-refractivity contribution is 6.31. The zero-order valence-corrected chi connectivity index (χ0v) is 19.5. The molecule has 0 spiro atoms. The van der Waals surface area contributed by atoms with E-state index < -0.39 is 36.0 Å². The molecule has 0 radical (unpaired) electrons. The molecule has 1 aromatic rings. The lowest BCUT2D eigenvalue weighted by Gasteiger charge is -2.30. The van der Waals surface area contributed by atoms with E-state index >= 15 is 0 Å². The van der Waals surface area contributed by atoms with E-state index in [0.29, 0.717) is 23.6 Å². The predicted octanol–water partition coefficient (Wildman–Crippen LogP) is 3.97. The van der Waals surface area contributed by atoms with Crippen LogP contribution in [0, 0.1) is 11.1 Å². The van der Waals surface area contributed by atoms with Crippen molar-refractivity contribution in [2.75, 3.05) is 26.5 Å². The van der Waals surface area contributed by atoms with Gasteiger partial charge in [0.05, 0.1) is 23.6 Å². The number of carbonyl (C=O) groups excluding carboxylic acids is 1. The molecule has 34 heavy (non-hydrogen) atoms. The van der Waals surface area contributed by atoms with Gasteiger partial charge in [-0.1, -0.05) is 32.4 Å². The van der Waals surface area contributed by atoms with E-state index in [1.807, 2.05) is 20.8 Å². The van der Waals surface area contributed by atoms with E-state index in [9.17, 15) is 23.2 Å². The summed E-state index contributed by atoms with van der Waals surface area (Å²) in [5.41, 5.74) is -0.466. The van der Waals surface area contributed by atoms with Crippen molar-refractivity contribution in [2.45, 2.75) is 44.9 Å². The van der Waals surface area contributed by atoms with Crippen LogP contribution < -0.4 is 4.74 Å². The fourth-order valence-electron chi connectivity index (χ4n) is 3.61. The Morgan fingerprint density at radius 2 is 2.09 bits per heavy atom. The number of fused-ring (bicyclic) bond motifs is 1. The van der Waals surface area contributed by atoms with Crippen molar-refractivity contribution in [3.63, 3.8) is 0 Å². The largest absolute Gasteiger partial charge is 0.569 e. The SMILES string of the molecule is CC(C)(C)c1cc2c(cc1Cl)C=C(C(=O)OCO/N=[N+](\[O-])N1CCC(CO)C1)[C@@H](C(F)(F)F)O2. The number of aliphatic hydroxyl groups is 1. The zero-order valence-electron chi connectivity index (χ0n) is 18.8. The Kier molecular flexibility index (Phi) is 7.51. The monoisotopic (exact) mass is 507 g/mol. The summed E-state index contributed by atoms with van der Waals surface area (Å²) in [5, 5.41) is 25.7. The van der Waals surface area contributed by atoms with Gasteiger partial charge in [0.2, 0.25) is 11.4 Å². The molecule has 1 aromatic carbocycles. The molecule has 0 bridgehead atoms. The van der Waals surface area contributed by atoms with Gasteiger partial charge in [-0.25, -0.2) is 4.79 Å². The Bertz CT molecular complexity index is 993. The average molecular weight is 508 g/mol. The van der Waals surface area contributed by atoms with Crippen LogP contribution in [-0.4, -0.2) is 59.8 Å². The summed E-state index contributed by atoms with van der Waals surface area (Å²) in [4.78, 5) is 17.2. The van der Waals surface area contributed by atoms with Gasteiger partial charge in [-0.15, -0.1) is 5.01 Å². The molecule has 1 fully saturated rings. The van der Waals surface area contributed by atoms with Crippen LogP contribution in [0.2, 0.25) is 5.02 Å². The summed E-state index contributed by atoms with van der Waals surface area (Å²) >= 11 is 6.30. The van der Waals surface area contributed by atoms with Crippen LogP contribution in [0.5, 0.6) is 5.75 Å². The summed E-state index contributed by atoms with van der Waals surface area (Å²) in [6.45, 7) is 5.20. The van der Waals surface area contributed by atoms with Crippen molar-refractivity contribution in [2.24, 2.45) is 11.2 Å². The number of benzene rings is 1. The molecule has 1 saturated heterocycles. The van der Waals surface area contributed by atoms with Gasteiger partial charge in [0.15, 0.2) is 0 Å². The molecule has 2 aliphatic rings. The summed E-state index contributed by atoms with van der Waals surface area (Å²) < 4.78 is 50.9. The second kappa shape index (κ2) is 9.87. The quantitative estimate of drug-likeness (QED) is 0.155. The number of rotatable bonds is 6. The lowest BCUT2D eigenvalue weighted by Crippen LogP contribution is -2.41. The highest BCUT2D eigenvalue weighted by Crippen LogP contribution is 2.42. The molecule has 9 nitrogen and oxygen atoms in total. The van der Waals surface area contributed by atoms with Crippen molar-refractivity contribution in [1.29, 1.82) is 0 Å². The molecule has 0 amide bonds. The highest BCUT2D eigenvalue weighted by atomic mass is 35.5. The number of nitrogens with zero attached hydrogens (tertiary/aromatic N) is 3. The molecule has 0 aliphatic carbocycles. The van der Waals surface area contributed by atoms with Gasteiger partial charge in [0.1, 0.15) is 5.75 Å². The predicted molar refractivity (Wildman–Crippen MR) is 113 cm³/mol. The molecule has 1 N–H and O–H groups in total. The molecule has 13 heteroatoms. The van der Waals surface area contributed by atoms with Gasteiger partial charge in [0.25, 0.3) is 6.79 Å². The van der Waals surface area contributed by atoms with E-state index in [2.05, 4.69) is 10.1 Å². The zero-order chi connectivity index (χ0) is 25.3. The Hall–Kier alpha value is -2.73. The van der Waals surface area contributed by atoms with Crippen LogP contribution in [0.3, 0.4) is 0 Å². The maximum Gasteiger partial charge on any atom is 0.430 e. The van der Waals surface area contributed by atoms with Gasteiger partial charge in [0, 0.05) is 23.1 Å². The number of hydrazine groups is 1. The number of ether oxygens (including phenoxy) is 2. The van der Waals surface area contributed by atoms with Gasteiger partial charge in [-0.2, -0.15) is 13.2 Å². The first-order chi connectivity index (χ1) is 15.8. The Morgan fingerprint density at radius 3 is 2.68 bits per heavy atom. The van der Waals surface area contributed by atoms with Gasteiger partial charge >= 0.3 is 12.1 Å². The molecule has 2 atom stereocenters. The number of halogens is 4. The highest BCUT2D eigenvalue weighted by Gasteiger charge is 2.49. The lowest BCUT2D eigenvalue weighted by molar-refractivity contribution is -0.708. The number of hydrogen-bond acceptors (Lipinski definition) is 7. The smallest absolute Gasteiger partial charge is 0.430 e. The molecule has 0 saturated carbocycles. The molecule has 0 aromatic heterocycles. The Balaban J connectivity index is 1.73. The molecule has 2 heterocycles. The third kappa shape index (κ3) is 5.84. The number of esters is 1. The second-order valence-corrected chi connectivity index (χ2v) is 9.43. The lowest BCUT2D eigenvalue weighted by atomic mass is 9.85. The van der Waals surface area contributed by atoms with Crippen molar-refractivity contribution < 1.29 is 42.4 Å². The fourth-order valence-corrected chi connectivity index (χ4v) is 4.06. The van der Waals surface area contributed by atoms with E-state index in [0.717, 1.165) is 6.08 Å². The third-order valence-electron chi connectivity index (χ3n) is 5.41. The summed E-state index contributed by atoms with van der Waals surface area (Å²) in [5.74, 6) is -1.48. The molecular weight excluding hydrogens is 483 g/mol. The first-order valence-electron chi connectivity index (χ1n) is 10.4. The van der Waals surface area contributed by atoms with Crippen molar-refractivity contribution in [3.8, 4) is 5.75 Å². The topological polar surface area (TPSA) is 107 Å². The molecular formula is C21H25ClF3N3O6. The van der Waals surface area contributed by atoms with E-state index in [1.54, 1.807) is 0 Å². The summed E-state index contributed by atoms with van der Waals surface area (Å²) in [7, 11) is 0. The second-order valence-electron chi connectivity index (χ2n) is 9.02. The number of alkyl halides is 3. The molecule has 2 aliphatic heterocycles.